The van der Waals surface area contributed by atoms with Gasteiger partial charge in [-0.25, -0.2) is 0 Å². The van der Waals surface area contributed by atoms with E-state index in [-0.39, 0.29) is 18.6 Å². The highest BCUT2D eigenvalue weighted by Crippen LogP contribution is 2.18. The van der Waals surface area contributed by atoms with Gasteiger partial charge in [0, 0.05) is 5.69 Å². The summed E-state index contributed by atoms with van der Waals surface area (Å²) in [6.07, 6.45) is 3.11. The van der Waals surface area contributed by atoms with Crippen molar-refractivity contribution in [1.82, 2.24) is 15.5 Å². The van der Waals surface area contributed by atoms with Gasteiger partial charge in [0.15, 0.2) is 12.4 Å². The van der Waals surface area contributed by atoms with E-state index in [0.29, 0.717) is 17.5 Å². The number of carbonyl (C=O) groups excluding carboxylic acids is 1. The van der Waals surface area contributed by atoms with E-state index in [4.69, 9.17) is 9.26 Å². The smallest absolute Gasteiger partial charge is 0.264 e. The number of ether oxygens (including phenoxy) is 1. The molecule has 0 saturated carbocycles. The normalized spacial score (nSPS) is 17.7. The molecule has 23 heavy (non-hydrogen) atoms. The molecule has 1 saturated heterocycles. The summed E-state index contributed by atoms with van der Waals surface area (Å²) in [4.78, 5) is 16.2. The van der Waals surface area contributed by atoms with E-state index in [1.165, 1.54) is 0 Å². The van der Waals surface area contributed by atoms with Crippen molar-refractivity contribution in [2.45, 2.75) is 38.8 Å². The van der Waals surface area contributed by atoms with Crippen LogP contribution in [0.3, 0.4) is 0 Å². The second-order valence-electron chi connectivity index (χ2n) is 5.54. The summed E-state index contributed by atoms with van der Waals surface area (Å²) in [7, 11) is 0. The van der Waals surface area contributed by atoms with E-state index >= 15 is 0 Å². The number of hydrogen-bond acceptors (Lipinski definition) is 6. The van der Waals surface area contributed by atoms with Gasteiger partial charge in [-0.1, -0.05) is 11.6 Å². The number of amides is 1. The molecule has 1 atom stereocenters. The Morgan fingerprint density at radius 3 is 2.87 bits per heavy atom. The number of aromatic nitrogens is 2. The molecule has 1 amide bonds. The van der Waals surface area contributed by atoms with Gasteiger partial charge in [-0.15, -0.1) is 0 Å². The third kappa shape index (κ3) is 4.29. The predicted octanol–water partition coefficient (Wildman–Crippen LogP) is 2.04. The van der Waals surface area contributed by atoms with Crippen molar-refractivity contribution >= 4 is 11.6 Å². The first kappa shape index (κ1) is 15.5. The van der Waals surface area contributed by atoms with Crippen LogP contribution < -0.4 is 15.4 Å². The molecule has 1 fully saturated rings. The van der Waals surface area contributed by atoms with Crippen molar-refractivity contribution in [3.63, 3.8) is 0 Å². The van der Waals surface area contributed by atoms with E-state index in [1.807, 2.05) is 12.1 Å². The maximum absolute atomic E-state index is 12.1. The summed E-state index contributed by atoms with van der Waals surface area (Å²) in [6, 6.07) is 7.13. The van der Waals surface area contributed by atoms with E-state index in [9.17, 15) is 4.79 Å². The number of rotatable bonds is 5. The molecule has 0 aliphatic carbocycles. The minimum Gasteiger partial charge on any atom is -0.484 e. The Balaban J connectivity index is 1.51. The molecule has 0 bridgehead atoms. The zero-order chi connectivity index (χ0) is 16.1. The lowest BCUT2D eigenvalue weighted by Crippen LogP contribution is -2.43. The number of anilines is 1. The summed E-state index contributed by atoms with van der Waals surface area (Å²) in [5.41, 5.74) is 0.753. The molecule has 0 spiro atoms. The fourth-order valence-corrected chi connectivity index (χ4v) is 2.48. The molecular formula is C16H20N4O3. The molecule has 1 aromatic carbocycles. The second-order valence-corrected chi connectivity index (χ2v) is 5.54. The zero-order valence-electron chi connectivity index (χ0n) is 13.0. The first-order chi connectivity index (χ1) is 11.2. The quantitative estimate of drug-likeness (QED) is 0.877. The molecule has 1 aromatic heterocycles. The largest absolute Gasteiger partial charge is 0.484 e. The summed E-state index contributed by atoms with van der Waals surface area (Å²) >= 11 is 0. The molecular weight excluding hydrogens is 296 g/mol. The minimum absolute atomic E-state index is 0.0136. The Hall–Kier alpha value is -2.41. The number of nitrogens with one attached hydrogen (secondary N) is 2. The molecule has 0 radical (unpaired) electrons. The molecule has 3 rings (SSSR count). The Morgan fingerprint density at radius 1 is 1.39 bits per heavy atom. The fraction of sp³-hybridized carbons (Fsp3) is 0.438. The fourth-order valence-electron chi connectivity index (χ4n) is 2.48. The Kier molecular flexibility index (Phi) is 4.87. The topological polar surface area (TPSA) is 89.3 Å². The van der Waals surface area contributed by atoms with Gasteiger partial charge in [0.2, 0.25) is 5.91 Å². The molecule has 7 heteroatoms. The first-order valence-corrected chi connectivity index (χ1v) is 7.77. The zero-order valence-corrected chi connectivity index (χ0v) is 13.0. The van der Waals surface area contributed by atoms with Gasteiger partial charge in [0.1, 0.15) is 5.75 Å². The van der Waals surface area contributed by atoms with Crippen molar-refractivity contribution in [1.29, 1.82) is 0 Å². The maximum Gasteiger partial charge on any atom is 0.264 e. The summed E-state index contributed by atoms with van der Waals surface area (Å²) in [6.45, 7) is 2.88. The van der Waals surface area contributed by atoms with Crippen LogP contribution >= 0.6 is 0 Å². The van der Waals surface area contributed by atoms with Gasteiger partial charge in [-0.05, 0) is 50.6 Å². The molecule has 2 N–H and O–H groups in total. The molecule has 1 aliphatic rings. The molecule has 2 aromatic rings. The number of aryl methyl sites for hydroxylation is 1. The lowest BCUT2D eigenvalue weighted by Gasteiger charge is -2.22. The van der Waals surface area contributed by atoms with Crippen molar-refractivity contribution in [2.24, 2.45) is 0 Å². The van der Waals surface area contributed by atoms with Crippen LogP contribution in [0.1, 0.15) is 31.0 Å². The van der Waals surface area contributed by atoms with Crippen LogP contribution in [0.4, 0.5) is 5.69 Å². The SMILES string of the molecule is Cc1noc(COc2ccc(NC(=O)C3CCCCN3)cc2)n1. The molecule has 1 aliphatic heterocycles. The van der Waals surface area contributed by atoms with Gasteiger partial charge in [0.25, 0.3) is 5.89 Å². The molecule has 7 nitrogen and oxygen atoms in total. The average Bonchev–Trinajstić information content (AvgIpc) is 3.00. The number of nitrogens with zero attached hydrogens (tertiary/aromatic N) is 2. The van der Waals surface area contributed by atoms with E-state index in [0.717, 1.165) is 31.5 Å². The predicted molar refractivity (Wildman–Crippen MR) is 84.1 cm³/mol. The summed E-state index contributed by atoms with van der Waals surface area (Å²) < 4.78 is 10.5. The van der Waals surface area contributed by atoms with E-state index < -0.39 is 0 Å². The highest BCUT2D eigenvalue weighted by Gasteiger charge is 2.20. The Morgan fingerprint density at radius 2 is 2.22 bits per heavy atom. The third-order valence-electron chi connectivity index (χ3n) is 3.68. The maximum atomic E-state index is 12.1. The van der Waals surface area contributed by atoms with Crippen LogP contribution in [0.5, 0.6) is 5.75 Å². The second kappa shape index (κ2) is 7.23. The minimum atomic E-state index is -0.0968. The lowest BCUT2D eigenvalue weighted by molar-refractivity contribution is -0.118. The molecule has 122 valence electrons. The highest BCUT2D eigenvalue weighted by atomic mass is 16.5. The van der Waals surface area contributed by atoms with Crippen LogP contribution in [0.25, 0.3) is 0 Å². The standard InChI is InChI=1S/C16H20N4O3/c1-11-18-15(23-20-11)10-22-13-7-5-12(6-8-13)19-16(21)14-4-2-3-9-17-14/h5-8,14,17H,2-4,9-10H2,1H3,(H,19,21). The van der Waals surface area contributed by atoms with Gasteiger partial charge in [-0.2, -0.15) is 4.98 Å². The van der Waals surface area contributed by atoms with Crippen LogP contribution in [0.2, 0.25) is 0 Å². The van der Waals surface area contributed by atoms with Gasteiger partial charge >= 0.3 is 0 Å². The highest BCUT2D eigenvalue weighted by molar-refractivity contribution is 5.94. The summed E-state index contributed by atoms with van der Waals surface area (Å²) in [5.74, 6) is 1.70. The van der Waals surface area contributed by atoms with Crippen molar-refractivity contribution in [2.75, 3.05) is 11.9 Å². The number of carbonyl (C=O) groups is 1. The van der Waals surface area contributed by atoms with Gasteiger partial charge in [-0.3, -0.25) is 4.79 Å². The van der Waals surface area contributed by atoms with Crippen LogP contribution in [-0.4, -0.2) is 28.6 Å². The van der Waals surface area contributed by atoms with Crippen LogP contribution in [-0.2, 0) is 11.4 Å². The molecule has 1 unspecified atom stereocenters. The Bertz CT molecular complexity index is 648. The number of piperidine rings is 1. The van der Waals surface area contributed by atoms with Crippen LogP contribution in [0.15, 0.2) is 28.8 Å². The average molecular weight is 316 g/mol. The third-order valence-corrected chi connectivity index (χ3v) is 3.68. The van der Waals surface area contributed by atoms with Crippen LogP contribution in [0, 0.1) is 6.92 Å². The monoisotopic (exact) mass is 316 g/mol. The number of hydrogen-bond donors (Lipinski definition) is 2. The van der Waals surface area contributed by atoms with Gasteiger partial charge in [0.05, 0.1) is 6.04 Å². The van der Waals surface area contributed by atoms with Crippen molar-refractivity contribution in [3.05, 3.63) is 36.0 Å². The Labute approximate surface area is 134 Å². The lowest BCUT2D eigenvalue weighted by atomic mass is 10.0. The van der Waals surface area contributed by atoms with E-state index in [1.54, 1.807) is 19.1 Å². The summed E-state index contributed by atoms with van der Waals surface area (Å²) in [5, 5.41) is 9.85. The van der Waals surface area contributed by atoms with Gasteiger partial charge < -0.3 is 19.9 Å². The molecule has 2 heterocycles. The van der Waals surface area contributed by atoms with Crippen molar-refractivity contribution < 1.29 is 14.1 Å². The first-order valence-electron chi connectivity index (χ1n) is 7.77. The van der Waals surface area contributed by atoms with Crippen molar-refractivity contribution in [3.8, 4) is 5.75 Å². The number of benzene rings is 1. The van der Waals surface area contributed by atoms with E-state index in [2.05, 4.69) is 20.8 Å².